The summed E-state index contributed by atoms with van der Waals surface area (Å²) in [6.45, 7) is -0.0479. The van der Waals surface area contributed by atoms with Crippen molar-refractivity contribution in [3.05, 3.63) is 83.9 Å². The highest BCUT2D eigenvalue weighted by Gasteiger charge is 2.29. The second-order valence-corrected chi connectivity index (χ2v) is 11.9. The molecular formula is C35H46N2O5. The number of amides is 2. The lowest BCUT2D eigenvalue weighted by atomic mass is 9.84. The molecular weight excluding hydrogens is 528 g/mol. The lowest BCUT2D eigenvalue weighted by molar-refractivity contribution is -0.150. The van der Waals surface area contributed by atoms with E-state index >= 15 is 0 Å². The average Bonchev–Trinajstić information content (AvgIpc) is 3.01. The van der Waals surface area contributed by atoms with Gasteiger partial charge in [-0.3, -0.25) is 14.4 Å². The minimum atomic E-state index is -0.561. The Balaban J connectivity index is 1.45. The van der Waals surface area contributed by atoms with Crippen LogP contribution in [-0.2, 0) is 32.0 Å². The smallest absolute Gasteiger partial charge is 0.309 e. The highest BCUT2D eigenvalue weighted by molar-refractivity contribution is 5.86. The number of hydrogen-bond donors (Lipinski definition) is 3. The Kier molecular flexibility index (Phi) is 12.6. The van der Waals surface area contributed by atoms with E-state index in [1.165, 1.54) is 19.3 Å². The SMILES string of the molecule is O=C(C[C@H]1CC=CC[C@@H](Cc2ccccc2)C(=O)OC[C@H](CC2CCCCC2)NC1=O)N[C@H](CO)Cc1ccccc1. The summed E-state index contributed by atoms with van der Waals surface area (Å²) < 4.78 is 5.85. The molecule has 4 rings (SSSR count). The van der Waals surface area contributed by atoms with Gasteiger partial charge in [0.15, 0.2) is 0 Å². The molecule has 42 heavy (non-hydrogen) atoms. The van der Waals surface area contributed by atoms with Gasteiger partial charge in [0, 0.05) is 6.42 Å². The molecule has 2 aliphatic rings. The molecule has 4 atom stereocenters. The Morgan fingerprint density at radius 3 is 2.21 bits per heavy atom. The van der Waals surface area contributed by atoms with Crippen LogP contribution in [0.1, 0.15) is 68.9 Å². The minimum absolute atomic E-state index is 0.0187. The van der Waals surface area contributed by atoms with Crippen molar-refractivity contribution in [1.82, 2.24) is 10.6 Å². The van der Waals surface area contributed by atoms with Crippen LogP contribution in [0.15, 0.2) is 72.8 Å². The van der Waals surface area contributed by atoms with Crippen LogP contribution in [0.3, 0.4) is 0 Å². The summed E-state index contributed by atoms with van der Waals surface area (Å²) >= 11 is 0. The number of cyclic esters (lactones) is 1. The fourth-order valence-electron chi connectivity index (χ4n) is 6.15. The van der Waals surface area contributed by atoms with Gasteiger partial charge in [0.05, 0.1) is 30.5 Å². The highest BCUT2D eigenvalue weighted by atomic mass is 16.5. The maximum absolute atomic E-state index is 13.5. The number of allylic oxidation sites excluding steroid dienone is 2. The molecule has 0 unspecified atom stereocenters. The van der Waals surface area contributed by atoms with E-state index in [-0.39, 0.29) is 49.4 Å². The number of hydrogen-bond acceptors (Lipinski definition) is 5. The lowest BCUT2D eigenvalue weighted by Crippen LogP contribution is -2.45. The van der Waals surface area contributed by atoms with E-state index in [1.54, 1.807) is 0 Å². The molecule has 1 fully saturated rings. The maximum Gasteiger partial charge on any atom is 0.309 e. The van der Waals surface area contributed by atoms with Gasteiger partial charge in [-0.15, -0.1) is 0 Å². The first-order valence-corrected chi connectivity index (χ1v) is 15.6. The summed E-state index contributed by atoms with van der Waals surface area (Å²) in [5, 5.41) is 16.0. The number of nitrogens with one attached hydrogen (secondary N) is 2. The molecule has 2 aromatic carbocycles. The maximum atomic E-state index is 13.5. The van der Waals surface area contributed by atoms with Crippen molar-refractivity contribution in [2.24, 2.45) is 17.8 Å². The quantitative estimate of drug-likeness (QED) is 0.276. The van der Waals surface area contributed by atoms with E-state index in [2.05, 4.69) is 10.6 Å². The van der Waals surface area contributed by atoms with Crippen LogP contribution in [0.5, 0.6) is 0 Å². The number of ether oxygens (including phenoxy) is 1. The van der Waals surface area contributed by atoms with Gasteiger partial charge in [0.2, 0.25) is 11.8 Å². The normalized spacial score (nSPS) is 23.1. The van der Waals surface area contributed by atoms with Crippen LogP contribution in [0.4, 0.5) is 0 Å². The number of rotatable bonds is 10. The van der Waals surface area contributed by atoms with Crippen LogP contribution in [0, 0.1) is 17.8 Å². The van der Waals surface area contributed by atoms with Crippen molar-refractivity contribution < 1.29 is 24.2 Å². The molecule has 1 saturated carbocycles. The third-order valence-corrected chi connectivity index (χ3v) is 8.49. The highest BCUT2D eigenvalue weighted by Crippen LogP contribution is 2.28. The van der Waals surface area contributed by atoms with E-state index in [0.29, 0.717) is 31.6 Å². The molecule has 0 radical (unpaired) electrons. The van der Waals surface area contributed by atoms with Crippen molar-refractivity contribution in [2.45, 2.75) is 82.7 Å². The summed E-state index contributed by atoms with van der Waals surface area (Å²) in [6, 6.07) is 18.9. The number of benzene rings is 2. The Bertz CT molecular complexity index is 1150. The third kappa shape index (κ3) is 10.4. The second kappa shape index (κ2) is 16.9. The molecule has 226 valence electrons. The van der Waals surface area contributed by atoms with Crippen LogP contribution in [0.2, 0.25) is 0 Å². The molecule has 7 heteroatoms. The third-order valence-electron chi connectivity index (χ3n) is 8.49. The number of carbonyl (C=O) groups excluding carboxylic acids is 3. The topological polar surface area (TPSA) is 105 Å². The van der Waals surface area contributed by atoms with Crippen molar-refractivity contribution in [1.29, 1.82) is 0 Å². The van der Waals surface area contributed by atoms with Gasteiger partial charge in [0.1, 0.15) is 6.61 Å². The molecule has 7 nitrogen and oxygen atoms in total. The number of aliphatic hydroxyl groups is 1. The molecule has 0 aromatic heterocycles. The molecule has 2 amide bonds. The zero-order valence-electron chi connectivity index (χ0n) is 24.6. The monoisotopic (exact) mass is 574 g/mol. The molecule has 1 aliphatic heterocycles. The van der Waals surface area contributed by atoms with Crippen molar-refractivity contribution in [3.8, 4) is 0 Å². The minimum Gasteiger partial charge on any atom is -0.463 e. The van der Waals surface area contributed by atoms with E-state index < -0.39 is 12.0 Å². The molecule has 2 aromatic rings. The molecule has 0 bridgehead atoms. The van der Waals surface area contributed by atoms with E-state index in [9.17, 15) is 19.5 Å². The average molecular weight is 575 g/mol. The first kappa shape index (κ1) is 31.5. The summed E-state index contributed by atoms with van der Waals surface area (Å²) in [4.78, 5) is 39.8. The summed E-state index contributed by atoms with van der Waals surface area (Å²) in [7, 11) is 0. The van der Waals surface area contributed by atoms with Gasteiger partial charge in [-0.1, -0.05) is 105 Å². The predicted octanol–water partition coefficient (Wildman–Crippen LogP) is 4.92. The lowest BCUT2D eigenvalue weighted by Gasteiger charge is -2.29. The van der Waals surface area contributed by atoms with Crippen molar-refractivity contribution in [2.75, 3.05) is 13.2 Å². The van der Waals surface area contributed by atoms with E-state index in [1.807, 2.05) is 72.8 Å². The van der Waals surface area contributed by atoms with Gasteiger partial charge in [-0.25, -0.2) is 0 Å². The first-order chi connectivity index (χ1) is 20.5. The molecule has 1 heterocycles. The zero-order valence-corrected chi connectivity index (χ0v) is 24.6. The summed E-state index contributed by atoms with van der Waals surface area (Å²) in [5.74, 6) is -1.09. The first-order valence-electron chi connectivity index (χ1n) is 15.6. The van der Waals surface area contributed by atoms with Crippen LogP contribution < -0.4 is 10.6 Å². The Morgan fingerprint density at radius 2 is 1.55 bits per heavy atom. The Hall–Kier alpha value is -3.45. The van der Waals surface area contributed by atoms with Crippen molar-refractivity contribution >= 4 is 17.8 Å². The van der Waals surface area contributed by atoms with Gasteiger partial charge in [-0.05, 0) is 49.1 Å². The van der Waals surface area contributed by atoms with Crippen LogP contribution >= 0.6 is 0 Å². The molecule has 1 aliphatic carbocycles. The molecule has 3 N–H and O–H groups in total. The molecule has 0 spiro atoms. The Morgan fingerprint density at radius 1 is 0.905 bits per heavy atom. The number of esters is 1. The van der Waals surface area contributed by atoms with E-state index in [4.69, 9.17) is 4.74 Å². The fraction of sp³-hybridized carbons (Fsp3) is 0.514. The fourth-order valence-corrected chi connectivity index (χ4v) is 6.15. The Labute approximate surface area is 250 Å². The standard InChI is InChI=1S/C35H46N2O5/c38-24-31(21-27-14-6-2-7-15-27)36-33(39)23-29-18-10-11-19-30(20-26-12-4-1-5-13-26)35(41)42-25-32(37-34(29)40)22-28-16-8-3-9-17-28/h1-2,4-7,10-15,28-32,38H,3,8-9,16-25H2,(H,36,39)(H,37,40)/t29-,30+,31+,32+/m1/s1. The second-order valence-electron chi connectivity index (χ2n) is 11.9. The number of carbonyl (C=O) groups is 3. The van der Waals surface area contributed by atoms with Gasteiger partial charge in [0.25, 0.3) is 0 Å². The summed E-state index contributed by atoms with van der Waals surface area (Å²) in [6.07, 6.45) is 12.5. The largest absolute Gasteiger partial charge is 0.463 e. The zero-order chi connectivity index (χ0) is 29.6. The van der Waals surface area contributed by atoms with Crippen LogP contribution in [0.25, 0.3) is 0 Å². The number of aliphatic hydroxyl groups excluding tert-OH is 1. The summed E-state index contributed by atoms with van der Waals surface area (Å²) in [5.41, 5.74) is 2.10. The van der Waals surface area contributed by atoms with E-state index in [0.717, 1.165) is 30.4 Å². The van der Waals surface area contributed by atoms with Crippen LogP contribution in [-0.4, -0.2) is 48.2 Å². The van der Waals surface area contributed by atoms with Gasteiger partial charge < -0.3 is 20.5 Å². The van der Waals surface area contributed by atoms with Gasteiger partial charge in [-0.2, -0.15) is 0 Å². The van der Waals surface area contributed by atoms with Crippen molar-refractivity contribution in [3.63, 3.8) is 0 Å². The molecule has 0 saturated heterocycles. The predicted molar refractivity (Wildman–Crippen MR) is 163 cm³/mol. The van der Waals surface area contributed by atoms with Gasteiger partial charge >= 0.3 is 5.97 Å².